The van der Waals surface area contributed by atoms with Crippen LogP contribution < -0.4 is 4.74 Å². The number of hydrogen-bond donors (Lipinski definition) is 0. The highest BCUT2D eigenvalue weighted by atomic mass is 16.6. The van der Waals surface area contributed by atoms with Crippen molar-refractivity contribution in [2.45, 2.75) is 6.92 Å². The van der Waals surface area contributed by atoms with Gasteiger partial charge < -0.3 is 9.26 Å². The molecule has 0 N–H and O–H groups in total. The van der Waals surface area contributed by atoms with Gasteiger partial charge in [0.2, 0.25) is 5.76 Å². The lowest BCUT2D eigenvalue weighted by Gasteiger charge is -2.05. The first-order chi connectivity index (χ1) is 11.6. The number of nitro groups is 1. The molecule has 0 saturated heterocycles. The van der Waals surface area contributed by atoms with Crippen LogP contribution in [0.2, 0.25) is 0 Å². The van der Waals surface area contributed by atoms with Gasteiger partial charge in [-0.3, -0.25) is 10.1 Å². The maximum Gasteiger partial charge on any atom is 0.338 e. The van der Waals surface area contributed by atoms with Gasteiger partial charge in [-0.25, -0.2) is 0 Å². The van der Waals surface area contributed by atoms with Crippen LogP contribution in [-0.2, 0) is 0 Å². The first-order valence-electron chi connectivity index (χ1n) is 7.25. The van der Waals surface area contributed by atoms with Gasteiger partial charge in [-0.15, -0.1) is 0 Å². The zero-order valence-corrected chi connectivity index (χ0v) is 12.9. The second kappa shape index (κ2) is 6.78. The second-order valence-electron chi connectivity index (χ2n) is 5.06. The second-order valence-corrected chi connectivity index (χ2v) is 5.06. The van der Waals surface area contributed by atoms with E-state index in [0.717, 1.165) is 11.3 Å². The number of aromatic nitrogens is 1. The molecule has 6 heteroatoms. The number of rotatable bonds is 5. The van der Waals surface area contributed by atoms with Gasteiger partial charge in [-0.05, 0) is 42.8 Å². The summed E-state index contributed by atoms with van der Waals surface area (Å²) in [6.07, 6.45) is 3.24. The molecule has 0 fully saturated rings. The van der Waals surface area contributed by atoms with E-state index in [1.165, 1.54) is 13.0 Å². The van der Waals surface area contributed by atoms with Crippen molar-refractivity contribution < 1.29 is 14.2 Å². The molecular formula is C18H14N2O4. The molecule has 0 atom stereocenters. The van der Waals surface area contributed by atoms with E-state index in [4.69, 9.17) is 9.26 Å². The van der Waals surface area contributed by atoms with E-state index in [-0.39, 0.29) is 17.1 Å². The van der Waals surface area contributed by atoms with Gasteiger partial charge in [0.25, 0.3) is 0 Å². The quantitative estimate of drug-likeness (QED) is 0.495. The summed E-state index contributed by atoms with van der Waals surface area (Å²) in [6, 6.07) is 16.8. The molecule has 3 aromatic rings. The molecule has 3 rings (SSSR count). The van der Waals surface area contributed by atoms with Crippen LogP contribution in [0.5, 0.6) is 11.5 Å². The van der Waals surface area contributed by atoms with Crippen LogP contribution >= 0.6 is 0 Å². The summed E-state index contributed by atoms with van der Waals surface area (Å²) in [6.45, 7) is 1.54. The van der Waals surface area contributed by atoms with Crippen LogP contribution in [-0.4, -0.2) is 10.1 Å². The Balaban J connectivity index is 1.81. The third kappa shape index (κ3) is 3.49. The Labute approximate surface area is 138 Å². The summed E-state index contributed by atoms with van der Waals surface area (Å²) in [7, 11) is 0. The number of ether oxygens (including phenoxy) is 1. The first kappa shape index (κ1) is 15.5. The zero-order valence-electron chi connectivity index (χ0n) is 12.9. The van der Waals surface area contributed by atoms with Gasteiger partial charge in [0.1, 0.15) is 11.5 Å². The first-order valence-corrected chi connectivity index (χ1v) is 7.25. The molecule has 0 saturated carbocycles. The standard InChI is InChI=1S/C18H14N2O4/c1-13-18(20(21)22)17(24-19-13)11-10-14-6-5-9-16(12-14)23-15-7-3-2-4-8-15/h2-12H,1H3. The van der Waals surface area contributed by atoms with Crippen molar-refractivity contribution in [2.75, 3.05) is 0 Å². The Morgan fingerprint density at radius 3 is 2.58 bits per heavy atom. The highest BCUT2D eigenvalue weighted by molar-refractivity contribution is 5.72. The fourth-order valence-electron chi connectivity index (χ4n) is 2.19. The molecule has 0 aliphatic heterocycles. The fraction of sp³-hybridized carbons (Fsp3) is 0.0556. The Morgan fingerprint density at radius 1 is 1.08 bits per heavy atom. The molecule has 0 aliphatic carbocycles. The minimum Gasteiger partial charge on any atom is -0.457 e. The van der Waals surface area contributed by atoms with Crippen molar-refractivity contribution in [2.24, 2.45) is 0 Å². The molecule has 1 aromatic heterocycles. The van der Waals surface area contributed by atoms with Gasteiger partial charge in [0.05, 0.1) is 4.92 Å². The summed E-state index contributed by atoms with van der Waals surface area (Å²) in [5, 5.41) is 14.7. The van der Waals surface area contributed by atoms with Crippen LogP contribution in [0.1, 0.15) is 17.0 Å². The minimum absolute atomic E-state index is 0.117. The average molecular weight is 322 g/mol. The summed E-state index contributed by atoms with van der Waals surface area (Å²) < 4.78 is 10.8. The van der Waals surface area contributed by atoms with Gasteiger partial charge >= 0.3 is 5.69 Å². The molecule has 0 unspecified atom stereocenters. The number of hydrogen-bond acceptors (Lipinski definition) is 5. The van der Waals surface area contributed by atoms with Crippen LogP contribution in [0.4, 0.5) is 5.69 Å². The molecule has 2 aromatic carbocycles. The number of nitrogens with zero attached hydrogens (tertiary/aromatic N) is 2. The van der Waals surface area contributed by atoms with E-state index in [9.17, 15) is 10.1 Å². The molecule has 120 valence electrons. The van der Waals surface area contributed by atoms with E-state index >= 15 is 0 Å². The van der Waals surface area contributed by atoms with Gasteiger partial charge in [0, 0.05) is 0 Å². The van der Waals surface area contributed by atoms with Crippen molar-refractivity contribution in [3.63, 3.8) is 0 Å². The Kier molecular flexibility index (Phi) is 4.38. The Morgan fingerprint density at radius 2 is 1.83 bits per heavy atom. The fourth-order valence-corrected chi connectivity index (χ4v) is 2.19. The number of aryl methyl sites for hydroxylation is 1. The van der Waals surface area contributed by atoms with Crippen molar-refractivity contribution in [1.82, 2.24) is 5.16 Å². The summed E-state index contributed by atoms with van der Waals surface area (Å²) in [5.74, 6) is 1.53. The number of para-hydroxylation sites is 1. The normalized spacial score (nSPS) is 10.9. The Bertz CT molecular complexity index is 885. The van der Waals surface area contributed by atoms with E-state index in [1.54, 1.807) is 6.08 Å². The highest BCUT2D eigenvalue weighted by Crippen LogP contribution is 2.26. The summed E-state index contributed by atoms with van der Waals surface area (Å²) in [5.41, 5.74) is 0.954. The van der Waals surface area contributed by atoms with Crippen LogP contribution in [0, 0.1) is 17.0 Å². The lowest BCUT2D eigenvalue weighted by atomic mass is 10.2. The summed E-state index contributed by atoms with van der Waals surface area (Å²) in [4.78, 5) is 10.5. The lowest BCUT2D eigenvalue weighted by molar-refractivity contribution is -0.386. The van der Waals surface area contributed by atoms with Crippen molar-refractivity contribution >= 4 is 17.8 Å². The third-order valence-electron chi connectivity index (χ3n) is 3.30. The van der Waals surface area contributed by atoms with Crippen LogP contribution in [0.25, 0.3) is 12.2 Å². The molecule has 24 heavy (non-hydrogen) atoms. The van der Waals surface area contributed by atoms with Gasteiger partial charge in [-0.1, -0.05) is 41.6 Å². The molecule has 0 amide bonds. The van der Waals surface area contributed by atoms with E-state index in [1.807, 2.05) is 54.6 Å². The maximum atomic E-state index is 11.0. The van der Waals surface area contributed by atoms with E-state index in [2.05, 4.69) is 5.16 Å². The Hall–Kier alpha value is -3.41. The van der Waals surface area contributed by atoms with Crippen LogP contribution in [0.3, 0.4) is 0 Å². The predicted molar refractivity (Wildman–Crippen MR) is 89.8 cm³/mol. The molecular weight excluding hydrogens is 308 g/mol. The smallest absolute Gasteiger partial charge is 0.338 e. The van der Waals surface area contributed by atoms with Crippen molar-refractivity contribution in [1.29, 1.82) is 0 Å². The van der Waals surface area contributed by atoms with E-state index < -0.39 is 4.92 Å². The zero-order chi connectivity index (χ0) is 16.9. The van der Waals surface area contributed by atoms with Gasteiger partial charge in [0.15, 0.2) is 5.69 Å². The van der Waals surface area contributed by atoms with E-state index in [0.29, 0.717) is 5.75 Å². The third-order valence-corrected chi connectivity index (χ3v) is 3.30. The topological polar surface area (TPSA) is 78.4 Å². The van der Waals surface area contributed by atoms with Gasteiger partial charge in [-0.2, -0.15) is 0 Å². The molecule has 6 nitrogen and oxygen atoms in total. The molecule has 0 radical (unpaired) electrons. The maximum absolute atomic E-state index is 11.0. The highest BCUT2D eigenvalue weighted by Gasteiger charge is 2.21. The van der Waals surface area contributed by atoms with Crippen molar-refractivity contribution in [3.05, 3.63) is 81.7 Å². The number of benzene rings is 2. The largest absolute Gasteiger partial charge is 0.457 e. The molecule has 0 aliphatic rings. The predicted octanol–water partition coefficient (Wildman–Crippen LogP) is 4.85. The SMILES string of the molecule is Cc1noc(C=Cc2cccc(Oc3ccccc3)c2)c1[N+](=O)[O-]. The average Bonchev–Trinajstić information content (AvgIpc) is 2.95. The van der Waals surface area contributed by atoms with Crippen molar-refractivity contribution in [3.8, 4) is 11.5 Å². The summed E-state index contributed by atoms with van der Waals surface area (Å²) >= 11 is 0. The molecule has 0 spiro atoms. The lowest BCUT2D eigenvalue weighted by Crippen LogP contribution is -1.90. The molecule has 0 bridgehead atoms. The molecule has 1 heterocycles. The monoisotopic (exact) mass is 322 g/mol. The minimum atomic E-state index is -0.500. The van der Waals surface area contributed by atoms with Crippen LogP contribution in [0.15, 0.2) is 59.1 Å².